The predicted octanol–water partition coefficient (Wildman–Crippen LogP) is 0.0552. The van der Waals surface area contributed by atoms with Crippen molar-refractivity contribution in [3.63, 3.8) is 0 Å². The van der Waals surface area contributed by atoms with Crippen LogP contribution in [0.2, 0.25) is 0 Å². The molecule has 0 saturated heterocycles. The Balaban J connectivity index is 2.55. The molecule has 6 nitrogen and oxygen atoms in total. The van der Waals surface area contributed by atoms with Crippen molar-refractivity contribution in [1.82, 2.24) is 14.5 Å². The lowest BCUT2D eigenvalue weighted by Gasteiger charge is -2.16. The number of aromatic nitrogens is 2. The molecule has 6 heteroatoms. The van der Waals surface area contributed by atoms with E-state index in [1.807, 2.05) is 0 Å². The Kier molecular flexibility index (Phi) is 4.04. The van der Waals surface area contributed by atoms with Crippen LogP contribution in [0.15, 0.2) is 12.5 Å². The van der Waals surface area contributed by atoms with Crippen LogP contribution in [-0.4, -0.2) is 47.0 Å². The second kappa shape index (κ2) is 5.29. The summed E-state index contributed by atoms with van der Waals surface area (Å²) in [6, 6.07) is 0. The van der Waals surface area contributed by atoms with E-state index in [0.29, 0.717) is 12.2 Å². The van der Waals surface area contributed by atoms with E-state index < -0.39 is 0 Å². The van der Waals surface area contributed by atoms with E-state index in [1.165, 1.54) is 18.2 Å². The normalized spacial score (nSPS) is 9.94. The number of aryl methyl sites for hydroxylation is 1. The molecule has 0 radical (unpaired) electrons. The minimum absolute atomic E-state index is 0.163. The van der Waals surface area contributed by atoms with Crippen LogP contribution in [0, 0.1) is 0 Å². The third kappa shape index (κ3) is 2.82. The van der Waals surface area contributed by atoms with Crippen LogP contribution in [0.3, 0.4) is 0 Å². The molecule has 16 heavy (non-hydrogen) atoms. The van der Waals surface area contributed by atoms with Gasteiger partial charge in [0.1, 0.15) is 5.69 Å². The molecule has 0 aliphatic heterocycles. The molecule has 0 fully saturated rings. The maximum atomic E-state index is 11.8. The van der Waals surface area contributed by atoms with Crippen LogP contribution in [0.1, 0.15) is 16.9 Å². The number of esters is 1. The number of nitrogens with zero attached hydrogens (tertiary/aromatic N) is 3. The molecule has 0 aromatic carbocycles. The second-order valence-electron chi connectivity index (χ2n) is 3.44. The van der Waals surface area contributed by atoms with Crippen molar-refractivity contribution < 1.29 is 14.3 Å². The number of carbonyl (C=O) groups is 2. The molecular weight excluding hydrogens is 210 g/mol. The van der Waals surface area contributed by atoms with Crippen molar-refractivity contribution in [1.29, 1.82) is 0 Å². The van der Waals surface area contributed by atoms with Crippen LogP contribution < -0.4 is 0 Å². The Labute approximate surface area is 93.8 Å². The lowest BCUT2D eigenvalue weighted by Crippen LogP contribution is -2.30. The monoisotopic (exact) mass is 225 g/mol. The molecule has 1 rings (SSSR count). The summed E-state index contributed by atoms with van der Waals surface area (Å²) in [5.74, 6) is -0.492. The number of imidazole rings is 1. The Morgan fingerprint density at radius 3 is 2.75 bits per heavy atom. The number of methoxy groups -OCH3 is 1. The molecule has 0 saturated carbocycles. The minimum atomic E-state index is -0.329. The Morgan fingerprint density at radius 1 is 1.56 bits per heavy atom. The van der Waals surface area contributed by atoms with Crippen molar-refractivity contribution in [2.24, 2.45) is 7.05 Å². The number of carbonyl (C=O) groups excluding carboxylic acids is 2. The Morgan fingerprint density at radius 2 is 2.25 bits per heavy atom. The molecule has 0 bridgehead atoms. The van der Waals surface area contributed by atoms with E-state index >= 15 is 0 Å². The smallest absolute Gasteiger partial charge is 0.307 e. The van der Waals surface area contributed by atoms with Gasteiger partial charge in [0, 0.05) is 20.6 Å². The molecule has 0 spiro atoms. The van der Waals surface area contributed by atoms with E-state index in [2.05, 4.69) is 9.72 Å². The molecular formula is C10H15N3O3. The SMILES string of the molecule is COC(=O)CCN(C)C(=O)c1cncn1C. The summed E-state index contributed by atoms with van der Waals surface area (Å²) >= 11 is 0. The standard InChI is InChI=1S/C10H15N3O3/c1-12(5-4-9(14)16-3)10(15)8-6-11-7-13(8)2/h6-7H,4-5H2,1-3H3. The quantitative estimate of drug-likeness (QED) is 0.679. The highest BCUT2D eigenvalue weighted by Gasteiger charge is 2.15. The third-order valence-corrected chi connectivity index (χ3v) is 2.26. The number of hydrogen-bond acceptors (Lipinski definition) is 4. The van der Waals surface area contributed by atoms with Crippen molar-refractivity contribution in [3.8, 4) is 0 Å². The van der Waals surface area contributed by atoms with Gasteiger partial charge in [-0.25, -0.2) is 4.98 Å². The molecule has 1 aromatic rings. The van der Waals surface area contributed by atoms with Gasteiger partial charge in [0.15, 0.2) is 0 Å². The summed E-state index contributed by atoms with van der Waals surface area (Å²) in [4.78, 5) is 28.1. The van der Waals surface area contributed by atoms with Crippen LogP contribution in [0.4, 0.5) is 0 Å². The highest BCUT2D eigenvalue weighted by Crippen LogP contribution is 2.02. The van der Waals surface area contributed by atoms with Gasteiger partial charge < -0.3 is 14.2 Å². The van der Waals surface area contributed by atoms with E-state index in [9.17, 15) is 9.59 Å². The second-order valence-corrected chi connectivity index (χ2v) is 3.44. The number of hydrogen-bond donors (Lipinski definition) is 0. The summed E-state index contributed by atoms with van der Waals surface area (Å²) < 4.78 is 6.14. The van der Waals surface area contributed by atoms with Gasteiger partial charge in [-0.05, 0) is 0 Å². The maximum absolute atomic E-state index is 11.8. The van der Waals surface area contributed by atoms with Gasteiger partial charge in [0.05, 0.1) is 26.1 Å². The van der Waals surface area contributed by atoms with Crippen LogP contribution in [0.25, 0.3) is 0 Å². The van der Waals surface area contributed by atoms with Gasteiger partial charge in [-0.2, -0.15) is 0 Å². The fourth-order valence-corrected chi connectivity index (χ4v) is 1.22. The highest BCUT2D eigenvalue weighted by molar-refractivity contribution is 5.92. The van der Waals surface area contributed by atoms with E-state index in [-0.39, 0.29) is 18.3 Å². The fraction of sp³-hybridized carbons (Fsp3) is 0.500. The van der Waals surface area contributed by atoms with Gasteiger partial charge in [-0.3, -0.25) is 9.59 Å². The highest BCUT2D eigenvalue weighted by atomic mass is 16.5. The van der Waals surface area contributed by atoms with Gasteiger partial charge in [-0.15, -0.1) is 0 Å². The fourth-order valence-electron chi connectivity index (χ4n) is 1.22. The molecule has 0 aliphatic rings. The maximum Gasteiger partial charge on any atom is 0.307 e. The topological polar surface area (TPSA) is 64.4 Å². The molecule has 88 valence electrons. The summed E-state index contributed by atoms with van der Waals surface area (Å²) in [5.41, 5.74) is 0.493. The average Bonchev–Trinajstić information content (AvgIpc) is 2.70. The first kappa shape index (κ1) is 12.2. The minimum Gasteiger partial charge on any atom is -0.469 e. The first-order chi connectivity index (χ1) is 7.56. The predicted molar refractivity (Wildman–Crippen MR) is 56.8 cm³/mol. The largest absolute Gasteiger partial charge is 0.469 e. The summed E-state index contributed by atoms with van der Waals surface area (Å²) in [5, 5.41) is 0. The van der Waals surface area contributed by atoms with Crippen LogP contribution in [-0.2, 0) is 16.6 Å². The molecule has 0 atom stereocenters. The molecule has 0 aliphatic carbocycles. The molecule has 0 unspecified atom stereocenters. The third-order valence-electron chi connectivity index (χ3n) is 2.26. The van der Waals surface area contributed by atoms with Gasteiger partial charge in [0.25, 0.3) is 5.91 Å². The Hall–Kier alpha value is -1.85. The number of amides is 1. The van der Waals surface area contributed by atoms with E-state index in [4.69, 9.17) is 0 Å². The van der Waals surface area contributed by atoms with Crippen molar-refractivity contribution in [2.45, 2.75) is 6.42 Å². The Bertz CT molecular complexity index is 386. The zero-order valence-corrected chi connectivity index (χ0v) is 9.64. The zero-order valence-electron chi connectivity index (χ0n) is 9.64. The van der Waals surface area contributed by atoms with Crippen LogP contribution in [0.5, 0.6) is 0 Å². The first-order valence-corrected chi connectivity index (χ1v) is 4.85. The lowest BCUT2D eigenvalue weighted by molar-refractivity contribution is -0.140. The number of rotatable bonds is 4. The first-order valence-electron chi connectivity index (χ1n) is 4.85. The van der Waals surface area contributed by atoms with Gasteiger partial charge >= 0.3 is 5.97 Å². The zero-order chi connectivity index (χ0) is 12.1. The summed E-state index contributed by atoms with van der Waals surface area (Å²) in [6.45, 7) is 0.330. The van der Waals surface area contributed by atoms with Crippen molar-refractivity contribution in [3.05, 3.63) is 18.2 Å². The van der Waals surface area contributed by atoms with E-state index in [0.717, 1.165) is 0 Å². The molecule has 0 N–H and O–H groups in total. The average molecular weight is 225 g/mol. The van der Waals surface area contributed by atoms with Gasteiger partial charge in [0.2, 0.25) is 0 Å². The van der Waals surface area contributed by atoms with E-state index in [1.54, 1.807) is 25.0 Å². The summed E-state index contributed by atoms with van der Waals surface area (Å²) in [6.07, 6.45) is 3.24. The molecule has 1 heterocycles. The molecule has 1 aromatic heterocycles. The number of ether oxygens (including phenoxy) is 1. The van der Waals surface area contributed by atoms with Crippen molar-refractivity contribution in [2.75, 3.05) is 20.7 Å². The lowest BCUT2D eigenvalue weighted by atomic mass is 10.3. The summed E-state index contributed by atoms with van der Waals surface area (Å²) in [7, 11) is 4.71. The molecule has 1 amide bonds. The van der Waals surface area contributed by atoms with Crippen molar-refractivity contribution >= 4 is 11.9 Å². The van der Waals surface area contributed by atoms with Gasteiger partial charge in [-0.1, -0.05) is 0 Å². The van der Waals surface area contributed by atoms with Crippen LogP contribution >= 0.6 is 0 Å².